The summed E-state index contributed by atoms with van der Waals surface area (Å²) in [5, 5.41) is 4.55. The van der Waals surface area contributed by atoms with Gasteiger partial charge in [-0.15, -0.1) is 0 Å². The van der Waals surface area contributed by atoms with Crippen LogP contribution in [-0.2, 0) is 9.31 Å². The van der Waals surface area contributed by atoms with E-state index in [0.717, 1.165) is 22.8 Å². The summed E-state index contributed by atoms with van der Waals surface area (Å²) in [7, 11) is 3.96. The molecule has 1 aliphatic heterocycles. The van der Waals surface area contributed by atoms with Crippen molar-refractivity contribution in [1.82, 2.24) is 14.9 Å². The highest BCUT2D eigenvalue weighted by Crippen LogP contribution is 2.36. The van der Waals surface area contributed by atoms with Gasteiger partial charge < -0.3 is 19.5 Å². The van der Waals surface area contributed by atoms with E-state index in [1.807, 2.05) is 18.3 Å². The molecular weight excluding hydrogens is 363 g/mol. The summed E-state index contributed by atoms with van der Waals surface area (Å²) in [6, 6.07) is 7.21. The van der Waals surface area contributed by atoms with Crippen molar-refractivity contribution in [3.63, 3.8) is 0 Å². The molecule has 0 amide bonds. The Hall–Kier alpha value is -1.70. The second kappa shape index (κ2) is 7.53. The van der Waals surface area contributed by atoms with Crippen molar-refractivity contribution >= 4 is 29.4 Å². The van der Waals surface area contributed by atoms with Gasteiger partial charge in [-0.2, -0.15) is 0 Å². The highest BCUT2D eigenvalue weighted by molar-refractivity contribution is 6.62. The lowest BCUT2D eigenvalue weighted by Crippen LogP contribution is -2.41. The van der Waals surface area contributed by atoms with E-state index >= 15 is 0 Å². The third-order valence-corrected chi connectivity index (χ3v) is 6.84. The summed E-state index contributed by atoms with van der Waals surface area (Å²) in [6.45, 7) is 8.28. The molecule has 2 unspecified atom stereocenters. The molecule has 2 aliphatic rings. The van der Waals surface area contributed by atoms with Gasteiger partial charge in [0.2, 0.25) is 5.95 Å². The number of benzene rings is 1. The maximum atomic E-state index is 6.17. The molecule has 2 aromatic rings. The standard InChI is InChI=1S/C22H33BN4O2/c1-21(2)22(3,4)29-23(28-21)16-10-11-19-15(12-16)14-24-20(26-19)25-17-8-7-9-18(13-17)27(5)6/h10-12,14,17-18H,7-9,13H2,1-6H3,(H,24,25,26). The maximum Gasteiger partial charge on any atom is 0.494 e. The van der Waals surface area contributed by atoms with E-state index in [0.29, 0.717) is 18.0 Å². The van der Waals surface area contributed by atoms with Crippen LogP contribution in [0.25, 0.3) is 10.9 Å². The molecule has 4 rings (SSSR count). The highest BCUT2D eigenvalue weighted by Gasteiger charge is 2.51. The number of rotatable bonds is 4. The largest absolute Gasteiger partial charge is 0.494 e. The van der Waals surface area contributed by atoms with E-state index in [-0.39, 0.29) is 18.3 Å². The van der Waals surface area contributed by atoms with E-state index in [4.69, 9.17) is 14.3 Å². The third-order valence-electron chi connectivity index (χ3n) is 6.84. The minimum atomic E-state index is -0.368. The minimum Gasteiger partial charge on any atom is -0.399 e. The fraction of sp³-hybridized carbons (Fsp3) is 0.636. The highest BCUT2D eigenvalue weighted by atomic mass is 16.7. The molecule has 1 saturated carbocycles. The third kappa shape index (κ3) is 4.13. The lowest BCUT2D eigenvalue weighted by atomic mass is 9.78. The van der Waals surface area contributed by atoms with Gasteiger partial charge >= 0.3 is 7.12 Å². The lowest BCUT2D eigenvalue weighted by molar-refractivity contribution is 0.00578. The zero-order chi connectivity index (χ0) is 20.8. The number of anilines is 1. The molecule has 2 atom stereocenters. The van der Waals surface area contributed by atoms with Crippen molar-refractivity contribution in [3.05, 3.63) is 24.4 Å². The molecule has 7 heteroatoms. The normalized spacial score (nSPS) is 26.2. The Morgan fingerprint density at radius 3 is 2.52 bits per heavy atom. The first kappa shape index (κ1) is 20.6. The molecule has 1 aromatic carbocycles. The Balaban J connectivity index is 1.49. The summed E-state index contributed by atoms with van der Waals surface area (Å²) in [5.74, 6) is 0.713. The van der Waals surface area contributed by atoms with Crippen LogP contribution in [-0.4, -0.2) is 59.4 Å². The summed E-state index contributed by atoms with van der Waals surface area (Å²) in [5.41, 5.74) is 1.24. The summed E-state index contributed by atoms with van der Waals surface area (Å²) < 4.78 is 12.3. The fourth-order valence-corrected chi connectivity index (χ4v) is 4.19. The van der Waals surface area contributed by atoms with Crippen LogP contribution in [0, 0.1) is 0 Å². The number of aromatic nitrogens is 2. The number of hydrogen-bond acceptors (Lipinski definition) is 6. The van der Waals surface area contributed by atoms with Gasteiger partial charge in [-0.25, -0.2) is 9.97 Å². The topological polar surface area (TPSA) is 59.5 Å². The Labute approximate surface area is 174 Å². The van der Waals surface area contributed by atoms with Gasteiger partial charge in [0.05, 0.1) is 16.7 Å². The van der Waals surface area contributed by atoms with Crippen LogP contribution in [0.4, 0.5) is 5.95 Å². The van der Waals surface area contributed by atoms with Crippen LogP contribution in [0.2, 0.25) is 0 Å². The quantitative estimate of drug-likeness (QED) is 0.801. The summed E-state index contributed by atoms with van der Waals surface area (Å²) >= 11 is 0. The summed E-state index contributed by atoms with van der Waals surface area (Å²) in [4.78, 5) is 11.7. The van der Waals surface area contributed by atoms with Crippen molar-refractivity contribution in [1.29, 1.82) is 0 Å². The summed E-state index contributed by atoms with van der Waals surface area (Å²) in [6.07, 6.45) is 6.71. The van der Waals surface area contributed by atoms with Crippen LogP contribution in [0.5, 0.6) is 0 Å². The van der Waals surface area contributed by atoms with Crippen molar-refractivity contribution < 1.29 is 9.31 Å². The first-order valence-corrected chi connectivity index (χ1v) is 10.7. The average molecular weight is 396 g/mol. The van der Waals surface area contributed by atoms with Crippen LogP contribution in [0.1, 0.15) is 53.4 Å². The van der Waals surface area contributed by atoms with Gasteiger partial charge in [-0.05, 0) is 79.0 Å². The van der Waals surface area contributed by atoms with E-state index in [2.05, 4.69) is 63.1 Å². The Bertz CT molecular complexity index is 870. The predicted molar refractivity (Wildman–Crippen MR) is 119 cm³/mol. The van der Waals surface area contributed by atoms with Crippen LogP contribution < -0.4 is 10.8 Å². The van der Waals surface area contributed by atoms with Crippen LogP contribution >= 0.6 is 0 Å². The molecule has 156 valence electrons. The monoisotopic (exact) mass is 396 g/mol. The minimum absolute atomic E-state index is 0.346. The van der Waals surface area contributed by atoms with Crippen molar-refractivity contribution in [2.75, 3.05) is 19.4 Å². The zero-order valence-electron chi connectivity index (χ0n) is 18.5. The van der Waals surface area contributed by atoms with Gasteiger partial charge in [0.1, 0.15) is 0 Å². The van der Waals surface area contributed by atoms with E-state index in [1.54, 1.807) is 0 Å². The van der Waals surface area contributed by atoms with Crippen LogP contribution in [0.15, 0.2) is 24.4 Å². The molecule has 1 N–H and O–H groups in total. The predicted octanol–water partition coefficient (Wildman–Crippen LogP) is 3.21. The molecule has 2 fully saturated rings. The SMILES string of the molecule is CN(C)C1CCCC(Nc2ncc3cc(B4OC(C)(C)C(C)(C)O4)ccc3n2)C1. The molecule has 0 radical (unpaired) electrons. The Kier molecular flexibility index (Phi) is 5.34. The molecule has 1 aromatic heterocycles. The molecule has 29 heavy (non-hydrogen) atoms. The molecular formula is C22H33BN4O2. The first-order chi connectivity index (χ1) is 13.6. The zero-order valence-corrected chi connectivity index (χ0v) is 18.5. The molecule has 0 spiro atoms. The maximum absolute atomic E-state index is 6.17. The number of nitrogens with one attached hydrogen (secondary N) is 1. The van der Waals surface area contributed by atoms with Gasteiger partial charge in [0, 0.05) is 23.7 Å². The van der Waals surface area contributed by atoms with E-state index < -0.39 is 0 Å². The van der Waals surface area contributed by atoms with Gasteiger partial charge in [0.15, 0.2) is 0 Å². The molecule has 6 nitrogen and oxygen atoms in total. The Morgan fingerprint density at radius 2 is 1.83 bits per heavy atom. The van der Waals surface area contributed by atoms with Gasteiger partial charge in [-0.1, -0.05) is 12.1 Å². The Morgan fingerprint density at radius 1 is 1.10 bits per heavy atom. The average Bonchev–Trinajstić information content (AvgIpc) is 2.89. The molecule has 2 heterocycles. The first-order valence-electron chi connectivity index (χ1n) is 10.7. The fourth-order valence-electron chi connectivity index (χ4n) is 4.19. The molecule has 1 saturated heterocycles. The number of hydrogen-bond donors (Lipinski definition) is 1. The van der Waals surface area contributed by atoms with Crippen molar-refractivity contribution in [3.8, 4) is 0 Å². The van der Waals surface area contributed by atoms with Gasteiger partial charge in [-0.3, -0.25) is 0 Å². The smallest absolute Gasteiger partial charge is 0.399 e. The number of nitrogens with zero attached hydrogens (tertiary/aromatic N) is 3. The van der Waals surface area contributed by atoms with E-state index in [1.165, 1.54) is 19.3 Å². The van der Waals surface area contributed by atoms with Gasteiger partial charge in [0.25, 0.3) is 0 Å². The van der Waals surface area contributed by atoms with Crippen molar-refractivity contribution in [2.45, 2.75) is 76.7 Å². The van der Waals surface area contributed by atoms with Crippen molar-refractivity contribution in [2.24, 2.45) is 0 Å². The lowest BCUT2D eigenvalue weighted by Gasteiger charge is -2.33. The molecule has 1 aliphatic carbocycles. The second-order valence-electron chi connectivity index (χ2n) is 9.73. The van der Waals surface area contributed by atoms with Crippen LogP contribution in [0.3, 0.4) is 0 Å². The number of fused-ring (bicyclic) bond motifs is 1. The van der Waals surface area contributed by atoms with E-state index in [9.17, 15) is 0 Å². The second-order valence-corrected chi connectivity index (χ2v) is 9.73. The molecule has 0 bridgehead atoms.